The van der Waals surface area contributed by atoms with E-state index in [1.165, 1.54) is 0 Å². The minimum absolute atomic E-state index is 0.152. The van der Waals surface area contributed by atoms with Crippen molar-refractivity contribution in [3.63, 3.8) is 0 Å². The summed E-state index contributed by atoms with van der Waals surface area (Å²) in [6.45, 7) is 4.43. The zero-order valence-electron chi connectivity index (χ0n) is 9.15. The number of nitrogens with two attached hydrogens (primary N) is 1. The Kier molecular flexibility index (Phi) is 9.29. The first-order chi connectivity index (χ1) is 6.79. The van der Waals surface area contributed by atoms with Crippen LogP contribution in [-0.4, -0.2) is 54.0 Å². The maximum atomic E-state index is 8.89. The highest BCUT2D eigenvalue weighted by atomic mass is 16.3. The van der Waals surface area contributed by atoms with E-state index in [9.17, 15) is 0 Å². The summed E-state index contributed by atoms with van der Waals surface area (Å²) >= 11 is 0. The average molecular weight is 204 g/mol. The summed E-state index contributed by atoms with van der Waals surface area (Å²) in [4.78, 5) is 2.13. The fourth-order valence-corrected chi connectivity index (χ4v) is 1.73. The topological polar surface area (TPSA) is 69.7 Å². The van der Waals surface area contributed by atoms with Crippen molar-refractivity contribution in [2.75, 3.05) is 32.8 Å². The largest absolute Gasteiger partial charge is 0.395 e. The van der Waals surface area contributed by atoms with Crippen LogP contribution in [0.25, 0.3) is 0 Å². The zero-order chi connectivity index (χ0) is 10.8. The molecule has 0 fully saturated rings. The fourth-order valence-electron chi connectivity index (χ4n) is 1.73. The van der Waals surface area contributed by atoms with Gasteiger partial charge < -0.3 is 15.9 Å². The van der Waals surface area contributed by atoms with Crippen LogP contribution >= 0.6 is 0 Å². The Labute approximate surface area is 86.7 Å². The van der Waals surface area contributed by atoms with Gasteiger partial charge >= 0.3 is 0 Å². The van der Waals surface area contributed by atoms with Gasteiger partial charge in [-0.1, -0.05) is 6.92 Å². The first-order valence-electron chi connectivity index (χ1n) is 5.45. The first kappa shape index (κ1) is 13.8. The number of hydrogen-bond donors (Lipinski definition) is 3. The second-order valence-corrected chi connectivity index (χ2v) is 3.48. The zero-order valence-corrected chi connectivity index (χ0v) is 9.15. The molecular formula is C10H24N2O2. The predicted octanol–water partition coefficient (Wildman–Crippen LogP) is -0.209. The molecule has 14 heavy (non-hydrogen) atoms. The van der Waals surface area contributed by atoms with E-state index in [0.717, 1.165) is 19.3 Å². The quantitative estimate of drug-likeness (QED) is 0.486. The van der Waals surface area contributed by atoms with E-state index in [-0.39, 0.29) is 13.2 Å². The van der Waals surface area contributed by atoms with Crippen molar-refractivity contribution in [2.45, 2.75) is 32.2 Å². The van der Waals surface area contributed by atoms with E-state index in [4.69, 9.17) is 15.9 Å². The molecule has 0 amide bonds. The van der Waals surface area contributed by atoms with Crippen molar-refractivity contribution < 1.29 is 10.2 Å². The molecular weight excluding hydrogens is 180 g/mol. The molecule has 4 heteroatoms. The van der Waals surface area contributed by atoms with Crippen molar-refractivity contribution in [2.24, 2.45) is 5.73 Å². The van der Waals surface area contributed by atoms with Crippen LogP contribution in [0.2, 0.25) is 0 Å². The molecule has 4 N–H and O–H groups in total. The van der Waals surface area contributed by atoms with Crippen LogP contribution in [0.15, 0.2) is 0 Å². The molecule has 0 aliphatic carbocycles. The van der Waals surface area contributed by atoms with Crippen molar-refractivity contribution in [1.82, 2.24) is 4.90 Å². The molecule has 0 spiro atoms. The number of hydrogen-bond acceptors (Lipinski definition) is 4. The second kappa shape index (κ2) is 9.40. The number of nitrogens with zero attached hydrogens (tertiary/aromatic N) is 1. The van der Waals surface area contributed by atoms with Crippen LogP contribution in [0.3, 0.4) is 0 Å². The number of aliphatic hydroxyl groups is 2. The van der Waals surface area contributed by atoms with Gasteiger partial charge in [0.25, 0.3) is 0 Å². The van der Waals surface area contributed by atoms with E-state index in [1.807, 2.05) is 0 Å². The molecule has 0 saturated heterocycles. The summed E-state index contributed by atoms with van der Waals surface area (Å²) < 4.78 is 0. The summed E-state index contributed by atoms with van der Waals surface area (Å²) in [6, 6.07) is 0.442. The standard InChI is InChI=1S/C10H24N2O2/c1-2-10(4-3-5-11)12(6-8-13)7-9-14/h10,13-14H,2-9,11H2,1H3. The molecule has 0 rings (SSSR count). The molecule has 0 aliphatic rings. The SMILES string of the molecule is CCC(CCCN)N(CCO)CCO. The Morgan fingerprint density at radius 2 is 1.79 bits per heavy atom. The van der Waals surface area contributed by atoms with Gasteiger partial charge in [0, 0.05) is 19.1 Å². The molecule has 0 radical (unpaired) electrons. The van der Waals surface area contributed by atoms with E-state index in [0.29, 0.717) is 25.7 Å². The highest BCUT2D eigenvalue weighted by Crippen LogP contribution is 2.09. The minimum Gasteiger partial charge on any atom is -0.395 e. The molecule has 1 atom stereocenters. The third-order valence-electron chi connectivity index (χ3n) is 2.50. The lowest BCUT2D eigenvalue weighted by molar-refractivity contribution is 0.114. The van der Waals surface area contributed by atoms with E-state index < -0.39 is 0 Å². The maximum absolute atomic E-state index is 8.89. The molecule has 0 aromatic rings. The van der Waals surface area contributed by atoms with Crippen LogP contribution in [0.5, 0.6) is 0 Å². The average Bonchev–Trinajstić information content (AvgIpc) is 2.19. The highest BCUT2D eigenvalue weighted by Gasteiger charge is 2.14. The van der Waals surface area contributed by atoms with Crippen LogP contribution in [0.1, 0.15) is 26.2 Å². The number of rotatable bonds is 9. The van der Waals surface area contributed by atoms with Gasteiger partial charge in [-0.2, -0.15) is 0 Å². The Balaban J connectivity index is 3.96. The van der Waals surface area contributed by atoms with Crippen LogP contribution in [0.4, 0.5) is 0 Å². The van der Waals surface area contributed by atoms with Gasteiger partial charge in [-0.05, 0) is 25.8 Å². The smallest absolute Gasteiger partial charge is 0.0558 e. The first-order valence-corrected chi connectivity index (χ1v) is 5.45. The summed E-state index contributed by atoms with van der Waals surface area (Å²) in [5.74, 6) is 0. The van der Waals surface area contributed by atoms with E-state index >= 15 is 0 Å². The van der Waals surface area contributed by atoms with Gasteiger partial charge in [0.2, 0.25) is 0 Å². The number of aliphatic hydroxyl groups excluding tert-OH is 2. The lowest BCUT2D eigenvalue weighted by Crippen LogP contribution is -2.39. The molecule has 86 valence electrons. The molecule has 1 unspecified atom stereocenters. The lowest BCUT2D eigenvalue weighted by atomic mass is 10.1. The third kappa shape index (κ3) is 5.54. The van der Waals surface area contributed by atoms with Gasteiger partial charge in [-0.15, -0.1) is 0 Å². The predicted molar refractivity (Wildman–Crippen MR) is 58.1 cm³/mol. The van der Waals surface area contributed by atoms with Gasteiger partial charge in [0.1, 0.15) is 0 Å². The summed E-state index contributed by atoms with van der Waals surface area (Å²) in [6.07, 6.45) is 3.10. The molecule has 0 saturated carbocycles. The van der Waals surface area contributed by atoms with Crippen molar-refractivity contribution in [1.29, 1.82) is 0 Å². The van der Waals surface area contributed by atoms with Gasteiger partial charge in [0.15, 0.2) is 0 Å². The van der Waals surface area contributed by atoms with Gasteiger partial charge in [-0.3, -0.25) is 4.90 Å². The molecule has 0 bridgehead atoms. The second-order valence-electron chi connectivity index (χ2n) is 3.48. The Morgan fingerprint density at radius 1 is 1.21 bits per heavy atom. The summed E-state index contributed by atoms with van der Waals surface area (Å²) in [5.41, 5.74) is 5.46. The highest BCUT2D eigenvalue weighted by molar-refractivity contribution is 4.70. The van der Waals surface area contributed by atoms with Crippen molar-refractivity contribution in [3.8, 4) is 0 Å². The van der Waals surface area contributed by atoms with Crippen LogP contribution < -0.4 is 5.73 Å². The molecule has 4 nitrogen and oxygen atoms in total. The Hall–Kier alpha value is -0.160. The molecule has 0 aromatic carbocycles. The van der Waals surface area contributed by atoms with Gasteiger partial charge in [-0.25, -0.2) is 0 Å². The van der Waals surface area contributed by atoms with E-state index in [2.05, 4.69) is 11.8 Å². The minimum atomic E-state index is 0.152. The van der Waals surface area contributed by atoms with Crippen molar-refractivity contribution >= 4 is 0 Å². The normalized spacial score (nSPS) is 13.5. The van der Waals surface area contributed by atoms with Crippen LogP contribution in [-0.2, 0) is 0 Å². The Morgan fingerprint density at radius 3 is 2.14 bits per heavy atom. The fraction of sp³-hybridized carbons (Fsp3) is 1.00. The van der Waals surface area contributed by atoms with Gasteiger partial charge in [0.05, 0.1) is 13.2 Å². The monoisotopic (exact) mass is 204 g/mol. The van der Waals surface area contributed by atoms with E-state index in [1.54, 1.807) is 0 Å². The molecule has 0 aliphatic heterocycles. The molecule has 0 aromatic heterocycles. The summed E-state index contributed by atoms with van der Waals surface area (Å²) in [7, 11) is 0. The maximum Gasteiger partial charge on any atom is 0.0558 e. The summed E-state index contributed by atoms with van der Waals surface area (Å²) in [5, 5.41) is 17.8. The third-order valence-corrected chi connectivity index (χ3v) is 2.50. The lowest BCUT2D eigenvalue weighted by Gasteiger charge is -2.29. The van der Waals surface area contributed by atoms with Crippen LogP contribution in [0, 0.1) is 0 Å². The molecule has 0 heterocycles. The van der Waals surface area contributed by atoms with Crippen molar-refractivity contribution in [3.05, 3.63) is 0 Å². The Bertz CT molecular complexity index is 117.